The molecule has 1 aromatic heterocycles. The Hall–Kier alpha value is -1.61. The number of nitrogens with one attached hydrogen (secondary N) is 1. The molecule has 0 aliphatic carbocycles. The first kappa shape index (κ1) is 11.9. The van der Waals surface area contributed by atoms with Crippen molar-refractivity contribution >= 4 is 0 Å². The highest BCUT2D eigenvalue weighted by molar-refractivity contribution is 5.69. The van der Waals surface area contributed by atoms with Gasteiger partial charge in [0.25, 0.3) is 0 Å². The number of nitrogens with zero attached hydrogens (tertiary/aromatic N) is 2. The summed E-state index contributed by atoms with van der Waals surface area (Å²) in [6.07, 6.45) is 0. The molecule has 0 aliphatic heterocycles. The van der Waals surface area contributed by atoms with E-state index in [-0.39, 0.29) is 0 Å². The van der Waals surface area contributed by atoms with Crippen LogP contribution in [0.5, 0.6) is 0 Å². The highest BCUT2D eigenvalue weighted by Crippen LogP contribution is 2.27. The lowest BCUT2D eigenvalue weighted by Gasteiger charge is -2.05. The van der Waals surface area contributed by atoms with E-state index in [1.807, 2.05) is 18.8 Å². The molecular formula is C14H19N3. The minimum atomic E-state index is 0.895. The molecule has 3 nitrogen and oxygen atoms in total. The zero-order valence-electron chi connectivity index (χ0n) is 10.9. The molecule has 90 valence electrons. The Bertz CT molecular complexity index is 526. The number of aryl methyl sites for hydroxylation is 2. The number of rotatable bonds is 3. The van der Waals surface area contributed by atoms with Gasteiger partial charge in [-0.2, -0.15) is 5.10 Å². The molecule has 0 aliphatic rings. The molecule has 0 bridgehead atoms. The fraction of sp³-hybridized carbons (Fsp3) is 0.357. The topological polar surface area (TPSA) is 29.9 Å². The van der Waals surface area contributed by atoms with Gasteiger partial charge in [-0.3, -0.25) is 4.68 Å². The van der Waals surface area contributed by atoms with Crippen molar-refractivity contribution in [2.75, 3.05) is 7.05 Å². The average Bonchev–Trinajstić information content (AvgIpc) is 2.54. The van der Waals surface area contributed by atoms with Gasteiger partial charge >= 0.3 is 0 Å². The van der Waals surface area contributed by atoms with Gasteiger partial charge in [-0.15, -0.1) is 0 Å². The van der Waals surface area contributed by atoms with Crippen LogP contribution in [0.15, 0.2) is 24.3 Å². The van der Waals surface area contributed by atoms with Gasteiger partial charge in [0.05, 0.1) is 5.69 Å². The maximum Gasteiger partial charge on any atom is 0.0674 e. The molecule has 1 heterocycles. The Kier molecular flexibility index (Phi) is 3.29. The van der Waals surface area contributed by atoms with Gasteiger partial charge in [0.1, 0.15) is 0 Å². The predicted octanol–water partition coefficient (Wildman–Crippen LogP) is 2.42. The first-order valence-electron chi connectivity index (χ1n) is 5.87. The van der Waals surface area contributed by atoms with E-state index in [1.54, 1.807) is 0 Å². The lowest BCUT2D eigenvalue weighted by molar-refractivity contribution is 0.731. The van der Waals surface area contributed by atoms with Crippen molar-refractivity contribution < 1.29 is 0 Å². The second kappa shape index (κ2) is 4.72. The Morgan fingerprint density at radius 2 is 2.06 bits per heavy atom. The van der Waals surface area contributed by atoms with Crippen molar-refractivity contribution in [1.29, 1.82) is 0 Å². The van der Waals surface area contributed by atoms with Crippen LogP contribution in [0.2, 0.25) is 0 Å². The molecule has 1 N–H and O–H groups in total. The van der Waals surface area contributed by atoms with E-state index >= 15 is 0 Å². The Morgan fingerprint density at radius 1 is 1.29 bits per heavy atom. The maximum atomic E-state index is 4.46. The van der Waals surface area contributed by atoms with Crippen LogP contribution < -0.4 is 5.32 Å². The highest BCUT2D eigenvalue weighted by Gasteiger charge is 2.11. The standard InChI is InChI=1S/C14H19N3/c1-10-14(11(2)17(4)16-10)13-7-5-6-12(8-13)9-15-3/h5-8,15H,9H2,1-4H3. The monoisotopic (exact) mass is 229 g/mol. The van der Waals surface area contributed by atoms with Crippen molar-refractivity contribution in [3.05, 3.63) is 41.2 Å². The second-order valence-electron chi connectivity index (χ2n) is 4.40. The summed E-state index contributed by atoms with van der Waals surface area (Å²) in [4.78, 5) is 0. The zero-order chi connectivity index (χ0) is 12.4. The maximum absolute atomic E-state index is 4.46. The largest absolute Gasteiger partial charge is 0.316 e. The minimum Gasteiger partial charge on any atom is -0.316 e. The fourth-order valence-corrected chi connectivity index (χ4v) is 2.23. The van der Waals surface area contributed by atoms with Gasteiger partial charge in [0, 0.05) is 24.8 Å². The third-order valence-electron chi connectivity index (χ3n) is 3.11. The Morgan fingerprint density at radius 3 is 2.65 bits per heavy atom. The number of benzene rings is 1. The van der Waals surface area contributed by atoms with Crippen LogP contribution in [0.3, 0.4) is 0 Å². The fourth-order valence-electron chi connectivity index (χ4n) is 2.23. The van der Waals surface area contributed by atoms with E-state index in [0.717, 1.165) is 12.2 Å². The zero-order valence-corrected chi connectivity index (χ0v) is 10.9. The first-order chi connectivity index (χ1) is 8.13. The van der Waals surface area contributed by atoms with Gasteiger partial charge in [-0.1, -0.05) is 18.2 Å². The van der Waals surface area contributed by atoms with Crippen LogP contribution in [0, 0.1) is 13.8 Å². The van der Waals surface area contributed by atoms with Crippen LogP contribution in [-0.4, -0.2) is 16.8 Å². The molecule has 2 rings (SSSR count). The van der Waals surface area contributed by atoms with Crippen LogP contribution in [0.1, 0.15) is 17.0 Å². The molecule has 0 atom stereocenters. The van der Waals surface area contributed by atoms with Gasteiger partial charge in [0.2, 0.25) is 0 Å². The third-order valence-corrected chi connectivity index (χ3v) is 3.11. The van der Waals surface area contributed by atoms with Crippen LogP contribution in [0.4, 0.5) is 0 Å². The van der Waals surface area contributed by atoms with Crippen molar-refractivity contribution in [3.63, 3.8) is 0 Å². The summed E-state index contributed by atoms with van der Waals surface area (Å²) in [6, 6.07) is 8.62. The number of hydrogen-bond donors (Lipinski definition) is 1. The summed E-state index contributed by atoms with van der Waals surface area (Å²) < 4.78 is 1.94. The Balaban J connectivity index is 2.49. The molecule has 17 heavy (non-hydrogen) atoms. The van der Waals surface area contributed by atoms with Gasteiger partial charge in [-0.05, 0) is 38.1 Å². The molecule has 0 saturated heterocycles. The molecule has 1 aromatic carbocycles. The van der Waals surface area contributed by atoms with Crippen molar-refractivity contribution in [1.82, 2.24) is 15.1 Å². The summed E-state index contributed by atoms with van der Waals surface area (Å²) in [5.74, 6) is 0. The molecule has 2 aromatic rings. The summed E-state index contributed by atoms with van der Waals surface area (Å²) >= 11 is 0. The van der Waals surface area contributed by atoms with Gasteiger partial charge in [-0.25, -0.2) is 0 Å². The summed E-state index contributed by atoms with van der Waals surface area (Å²) in [5, 5.41) is 7.64. The minimum absolute atomic E-state index is 0.895. The lowest BCUT2D eigenvalue weighted by atomic mass is 10.0. The third kappa shape index (κ3) is 2.24. The molecule has 3 heteroatoms. The summed E-state index contributed by atoms with van der Waals surface area (Å²) in [5.41, 5.74) is 6.11. The van der Waals surface area contributed by atoms with E-state index < -0.39 is 0 Å². The quantitative estimate of drug-likeness (QED) is 0.876. The van der Waals surface area contributed by atoms with E-state index in [2.05, 4.69) is 48.5 Å². The van der Waals surface area contributed by atoms with E-state index in [0.29, 0.717) is 0 Å². The van der Waals surface area contributed by atoms with E-state index in [9.17, 15) is 0 Å². The van der Waals surface area contributed by atoms with Crippen molar-refractivity contribution in [2.45, 2.75) is 20.4 Å². The molecule has 0 unspecified atom stereocenters. The highest BCUT2D eigenvalue weighted by atomic mass is 15.3. The SMILES string of the molecule is CNCc1cccc(-c2c(C)nn(C)c2C)c1. The van der Waals surface area contributed by atoms with Gasteiger partial charge < -0.3 is 5.32 Å². The predicted molar refractivity (Wildman–Crippen MR) is 70.9 cm³/mol. The summed E-state index contributed by atoms with van der Waals surface area (Å²) in [7, 11) is 3.95. The molecule has 0 spiro atoms. The van der Waals surface area contributed by atoms with Crippen LogP contribution in [-0.2, 0) is 13.6 Å². The first-order valence-corrected chi connectivity index (χ1v) is 5.87. The lowest BCUT2D eigenvalue weighted by Crippen LogP contribution is -2.04. The normalized spacial score (nSPS) is 10.8. The molecular weight excluding hydrogens is 210 g/mol. The van der Waals surface area contributed by atoms with Gasteiger partial charge in [0.15, 0.2) is 0 Å². The Labute approximate surface area is 102 Å². The molecule has 0 radical (unpaired) electrons. The molecule has 0 saturated carbocycles. The van der Waals surface area contributed by atoms with Crippen LogP contribution in [0.25, 0.3) is 11.1 Å². The second-order valence-corrected chi connectivity index (χ2v) is 4.40. The average molecular weight is 229 g/mol. The summed E-state index contributed by atoms with van der Waals surface area (Å²) in [6.45, 7) is 5.07. The van der Waals surface area contributed by atoms with Crippen LogP contribution >= 0.6 is 0 Å². The number of aromatic nitrogens is 2. The smallest absolute Gasteiger partial charge is 0.0674 e. The van der Waals surface area contributed by atoms with Crippen molar-refractivity contribution in [3.8, 4) is 11.1 Å². The molecule has 0 amide bonds. The van der Waals surface area contributed by atoms with E-state index in [4.69, 9.17) is 0 Å². The molecule has 0 fully saturated rings. The number of hydrogen-bond acceptors (Lipinski definition) is 2. The van der Waals surface area contributed by atoms with Crippen molar-refractivity contribution in [2.24, 2.45) is 7.05 Å². The van der Waals surface area contributed by atoms with E-state index in [1.165, 1.54) is 22.4 Å².